The average Bonchev–Trinajstić information content (AvgIpc) is 2.01. The van der Waals surface area contributed by atoms with Crippen molar-refractivity contribution in [1.82, 2.24) is 4.98 Å². The standard InChI is InChI=1S/C8H7ClN2/c9-8-4-7(2-1-3-10)5-11-6-8/h4-6H,1-2H2. The molecule has 0 saturated carbocycles. The highest BCUT2D eigenvalue weighted by molar-refractivity contribution is 6.30. The van der Waals surface area contributed by atoms with Gasteiger partial charge in [0, 0.05) is 18.8 Å². The van der Waals surface area contributed by atoms with Gasteiger partial charge in [-0.15, -0.1) is 0 Å². The van der Waals surface area contributed by atoms with Crippen molar-refractivity contribution in [2.75, 3.05) is 0 Å². The van der Waals surface area contributed by atoms with Crippen molar-refractivity contribution in [3.63, 3.8) is 0 Å². The summed E-state index contributed by atoms with van der Waals surface area (Å²) >= 11 is 5.68. The van der Waals surface area contributed by atoms with E-state index in [4.69, 9.17) is 16.9 Å². The minimum atomic E-state index is 0.516. The van der Waals surface area contributed by atoms with E-state index in [2.05, 4.69) is 11.1 Å². The van der Waals surface area contributed by atoms with E-state index in [-0.39, 0.29) is 0 Å². The van der Waals surface area contributed by atoms with Crippen molar-refractivity contribution in [2.24, 2.45) is 0 Å². The SMILES string of the molecule is N#CCCc1cncc(Cl)c1. The van der Waals surface area contributed by atoms with Gasteiger partial charge in [0.2, 0.25) is 0 Å². The van der Waals surface area contributed by atoms with E-state index < -0.39 is 0 Å². The van der Waals surface area contributed by atoms with Gasteiger partial charge in [-0.25, -0.2) is 0 Å². The lowest BCUT2D eigenvalue weighted by atomic mass is 10.2. The molecule has 56 valence electrons. The largest absolute Gasteiger partial charge is 0.263 e. The molecule has 0 bridgehead atoms. The fraction of sp³-hybridized carbons (Fsp3) is 0.250. The van der Waals surface area contributed by atoms with Gasteiger partial charge in [0.1, 0.15) is 0 Å². The van der Waals surface area contributed by atoms with Gasteiger partial charge in [-0.2, -0.15) is 5.26 Å². The number of pyridine rings is 1. The monoisotopic (exact) mass is 166 g/mol. The zero-order valence-electron chi connectivity index (χ0n) is 5.92. The normalized spacial score (nSPS) is 9.09. The van der Waals surface area contributed by atoms with Crippen molar-refractivity contribution < 1.29 is 0 Å². The number of aryl methyl sites for hydroxylation is 1. The van der Waals surface area contributed by atoms with Gasteiger partial charge in [0.15, 0.2) is 0 Å². The van der Waals surface area contributed by atoms with E-state index >= 15 is 0 Å². The summed E-state index contributed by atoms with van der Waals surface area (Å²) in [5.74, 6) is 0. The molecule has 11 heavy (non-hydrogen) atoms. The van der Waals surface area contributed by atoms with Gasteiger partial charge in [0.05, 0.1) is 11.1 Å². The van der Waals surface area contributed by atoms with Crippen LogP contribution in [0.2, 0.25) is 5.02 Å². The topological polar surface area (TPSA) is 36.7 Å². The van der Waals surface area contributed by atoms with Crippen LogP contribution in [0.1, 0.15) is 12.0 Å². The lowest BCUT2D eigenvalue weighted by molar-refractivity contribution is 0.996. The molecule has 0 spiro atoms. The summed E-state index contributed by atoms with van der Waals surface area (Å²) in [6.07, 6.45) is 4.55. The van der Waals surface area contributed by atoms with Crippen molar-refractivity contribution in [3.8, 4) is 6.07 Å². The van der Waals surface area contributed by atoms with Crippen molar-refractivity contribution in [1.29, 1.82) is 5.26 Å². The number of hydrogen-bond acceptors (Lipinski definition) is 2. The maximum absolute atomic E-state index is 8.29. The Balaban J connectivity index is 2.65. The van der Waals surface area contributed by atoms with Gasteiger partial charge < -0.3 is 0 Å². The Morgan fingerprint density at radius 2 is 2.36 bits per heavy atom. The molecular weight excluding hydrogens is 160 g/mol. The Hall–Kier alpha value is -1.07. The van der Waals surface area contributed by atoms with Crippen molar-refractivity contribution in [2.45, 2.75) is 12.8 Å². The molecule has 1 heterocycles. The first-order chi connectivity index (χ1) is 5.33. The molecule has 0 radical (unpaired) electrons. The molecule has 0 aromatic carbocycles. The summed E-state index contributed by atoms with van der Waals surface area (Å²) in [5.41, 5.74) is 1.01. The molecule has 0 unspecified atom stereocenters. The van der Waals surface area contributed by atoms with E-state index in [0.717, 1.165) is 12.0 Å². The number of rotatable bonds is 2. The quantitative estimate of drug-likeness (QED) is 0.676. The van der Waals surface area contributed by atoms with Crippen LogP contribution in [0.5, 0.6) is 0 Å². The minimum Gasteiger partial charge on any atom is -0.263 e. The Morgan fingerprint density at radius 1 is 1.55 bits per heavy atom. The number of nitriles is 1. The van der Waals surface area contributed by atoms with Crippen LogP contribution in [-0.2, 0) is 6.42 Å². The molecule has 1 aromatic rings. The molecule has 3 heteroatoms. The molecular formula is C8H7ClN2. The fourth-order valence-electron chi connectivity index (χ4n) is 0.793. The second-order valence-corrected chi connectivity index (χ2v) is 2.61. The zero-order chi connectivity index (χ0) is 8.10. The predicted molar refractivity (Wildman–Crippen MR) is 43.2 cm³/mol. The third kappa shape index (κ3) is 2.57. The zero-order valence-corrected chi connectivity index (χ0v) is 6.67. The van der Waals surface area contributed by atoms with Crippen LogP contribution in [0.25, 0.3) is 0 Å². The lowest BCUT2D eigenvalue weighted by Gasteiger charge is -1.95. The first kappa shape index (κ1) is 8.03. The summed E-state index contributed by atoms with van der Waals surface area (Å²) in [6.45, 7) is 0. The van der Waals surface area contributed by atoms with Gasteiger partial charge in [0.25, 0.3) is 0 Å². The second-order valence-electron chi connectivity index (χ2n) is 2.17. The molecule has 0 aliphatic heterocycles. The second kappa shape index (κ2) is 3.95. The highest BCUT2D eigenvalue weighted by Gasteiger charge is 1.93. The molecule has 0 N–H and O–H groups in total. The maximum Gasteiger partial charge on any atom is 0.0625 e. The lowest BCUT2D eigenvalue weighted by Crippen LogP contribution is -1.84. The minimum absolute atomic E-state index is 0.516. The summed E-state index contributed by atoms with van der Waals surface area (Å²) in [7, 11) is 0. The van der Waals surface area contributed by atoms with Crippen LogP contribution in [0.4, 0.5) is 0 Å². The smallest absolute Gasteiger partial charge is 0.0625 e. The molecule has 2 nitrogen and oxygen atoms in total. The molecule has 0 aliphatic carbocycles. The maximum atomic E-state index is 8.29. The number of nitrogens with zero attached hydrogens (tertiary/aromatic N) is 2. The van der Waals surface area contributed by atoms with Gasteiger partial charge in [-0.3, -0.25) is 4.98 Å². The van der Waals surface area contributed by atoms with E-state index in [9.17, 15) is 0 Å². The van der Waals surface area contributed by atoms with Crippen LogP contribution in [0, 0.1) is 11.3 Å². The Kier molecular flexibility index (Phi) is 2.88. The summed E-state index contributed by atoms with van der Waals surface area (Å²) in [4.78, 5) is 3.90. The van der Waals surface area contributed by atoms with Crippen LogP contribution in [0.15, 0.2) is 18.5 Å². The Labute approximate surface area is 70.4 Å². The van der Waals surface area contributed by atoms with Crippen LogP contribution < -0.4 is 0 Å². The van der Waals surface area contributed by atoms with E-state index in [0.29, 0.717) is 11.4 Å². The molecule has 0 aliphatic rings. The van der Waals surface area contributed by atoms with E-state index in [1.165, 1.54) is 0 Å². The van der Waals surface area contributed by atoms with E-state index in [1.54, 1.807) is 12.4 Å². The molecule has 0 amide bonds. The Bertz CT molecular complexity index is 278. The average molecular weight is 167 g/mol. The van der Waals surface area contributed by atoms with Gasteiger partial charge >= 0.3 is 0 Å². The third-order valence-electron chi connectivity index (χ3n) is 1.29. The van der Waals surface area contributed by atoms with Gasteiger partial charge in [-0.1, -0.05) is 11.6 Å². The number of halogens is 1. The van der Waals surface area contributed by atoms with E-state index in [1.807, 2.05) is 6.07 Å². The fourth-order valence-corrected chi connectivity index (χ4v) is 0.989. The number of aromatic nitrogens is 1. The highest BCUT2D eigenvalue weighted by Crippen LogP contribution is 2.09. The predicted octanol–water partition coefficient (Wildman–Crippen LogP) is 2.19. The Morgan fingerprint density at radius 3 is 3.00 bits per heavy atom. The van der Waals surface area contributed by atoms with Crippen LogP contribution in [0.3, 0.4) is 0 Å². The highest BCUT2D eigenvalue weighted by atomic mass is 35.5. The summed E-state index contributed by atoms with van der Waals surface area (Å²) in [5, 5.41) is 8.92. The van der Waals surface area contributed by atoms with Gasteiger partial charge in [-0.05, 0) is 18.1 Å². The van der Waals surface area contributed by atoms with Crippen molar-refractivity contribution in [3.05, 3.63) is 29.0 Å². The molecule has 1 aromatic heterocycles. The summed E-state index contributed by atoms with van der Waals surface area (Å²) in [6, 6.07) is 3.89. The summed E-state index contributed by atoms with van der Waals surface area (Å²) < 4.78 is 0. The third-order valence-corrected chi connectivity index (χ3v) is 1.49. The van der Waals surface area contributed by atoms with Crippen molar-refractivity contribution >= 4 is 11.6 Å². The number of hydrogen-bond donors (Lipinski definition) is 0. The molecule has 1 rings (SSSR count). The first-order valence-electron chi connectivity index (χ1n) is 3.29. The van der Waals surface area contributed by atoms with Crippen LogP contribution in [-0.4, -0.2) is 4.98 Å². The molecule has 0 atom stereocenters. The molecule has 0 fully saturated rings. The molecule has 0 saturated heterocycles. The first-order valence-corrected chi connectivity index (χ1v) is 3.67. The van der Waals surface area contributed by atoms with Crippen LogP contribution >= 0.6 is 11.6 Å².